The molecule has 0 saturated carbocycles. The second kappa shape index (κ2) is 7.06. The van der Waals surface area contributed by atoms with Gasteiger partial charge >= 0.3 is 0 Å². The minimum absolute atomic E-state index is 0.00467. The molecule has 124 valence electrons. The van der Waals surface area contributed by atoms with Crippen molar-refractivity contribution in [1.29, 1.82) is 0 Å². The lowest BCUT2D eigenvalue weighted by Crippen LogP contribution is -2.40. The molecule has 3 heterocycles. The maximum Gasteiger partial charge on any atom is 0.157 e. The van der Waals surface area contributed by atoms with Crippen molar-refractivity contribution in [2.75, 3.05) is 26.3 Å². The van der Waals surface area contributed by atoms with Gasteiger partial charge in [-0.2, -0.15) is 0 Å². The van der Waals surface area contributed by atoms with Gasteiger partial charge in [0.15, 0.2) is 6.29 Å². The van der Waals surface area contributed by atoms with E-state index in [1.165, 1.54) is 6.42 Å². The number of aromatic nitrogens is 3. The zero-order chi connectivity index (χ0) is 15.5. The van der Waals surface area contributed by atoms with Crippen LogP contribution in [0.4, 0.5) is 0 Å². The molecular formula is C16H28N4O2. The van der Waals surface area contributed by atoms with Gasteiger partial charge in [-0.25, -0.2) is 0 Å². The quantitative estimate of drug-likeness (QED) is 0.835. The van der Waals surface area contributed by atoms with E-state index >= 15 is 0 Å². The number of ether oxygens (including phenoxy) is 2. The Morgan fingerprint density at radius 2 is 2.14 bits per heavy atom. The zero-order valence-corrected chi connectivity index (χ0v) is 14.0. The number of rotatable bonds is 5. The molecule has 0 bridgehead atoms. The molecule has 2 unspecified atom stereocenters. The van der Waals surface area contributed by atoms with Gasteiger partial charge in [-0.05, 0) is 26.2 Å². The van der Waals surface area contributed by atoms with Crippen molar-refractivity contribution in [2.45, 2.75) is 64.8 Å². The van der Waals surface area contributed by atoms with Gasteiger partial charge in [0.2, 0.25) is 0 Å². The van der Waals surface area contributed by atoms with Crippen molar-refractivity contribution in [2.24, 2.45) is 0 Å². The Labute approximate surface area is 132 Å². The van der Waals surface area contributed by atoms with Gasteiger partial charge in [0.05, 0.1) is 12.6 Å². The number of nitrogens with zero attached hydrogens (tertiary/aromatic N) is 4. The molecule has 22 heavy (non-hydrogen) atoms. The Morgan fingerprint density at radius 3 is 2.86 bits per heavy atom. The van der Waals surface area contributed by atoms with Gasteiger partial charge in [0.1, 0.15) is 11.6 Å². The van der Waals surface area contributed by atoms with Crippen LogP contribution in [0, 0.1) is 0 Å². The Morgan fingerprint density at radius 1 is 1.27 bits per heavy atom. The van der Waals surface area contributed by atoms with Gasteiger partial charge < -0.3 is 14.0 Å². The number of fused-ring (bicyclic) bond motifs is 1. The van der Waals surface area contributed by atoms with Crippen molar-refractivity contribution in [3.05, 3.63) is 11.6 Å². The molecule has 1 saturated heterocycles. The first-order chi connectivity index (χ1) is 10.7. The van der Waals surface area contributed by atoms with Crippen LogP contribution in [0.25, 0.3) is 0 Å². The normalized spacial score (nSPS) is 26.4. The molecule has 6 nitrogen and oxygen atoms in total. The maximum absolute atomic E-state index is 5.86. The summed E-state index contributed by atoms with van der Waals surface area (Å²) in [6.07, 6.45) is 3.41. The van der Waals surface area contributed by atoms with Gasteiger partial charge in [0, 0.05) is 32.2 Å². The first kappa shape index (κ1) is 15.9. The molecule has 0 amide bonds. The summed E-state index contributed by atoms with van der Waals surface area (Å²) in [5.41, 5.74) is 0. The Kier molecular flexibility index (Phi) is 5.10. The van der Waals surface area contributed by atoms with Crippen LogP contribution < -0.4 is 0 Å². The summed E-state index contributed by atoms with van der Waals surface area (Å²) >= 11 is 0. The van der Waals surface area contributed by atoms with Crippen LogP contribution in [0.2, 0.25) is 0 Å². The summed E-state index contributed by atoms with van der Waals surface area (Å²) < 4.78 is 13.8. The standard InChI is InChI=1S/C16H28N4O2/c1-12(2)15-17-18-16-13(3)19(7-8-20(15)16)9-11-22-14-6-4-5-10-21-14/h12-14H,4-11H2,1-3H3. The molecule has 0 spiro atoms. The lowest BCUT2D eigenvalue weighted by molar-refractivity contribution is -0.165. The van der Waals surface area contributed by atoms with Crippen LogP contribution >= 0.6 is 0 Å². The van der Waals surface area contributed by atoms with Crippen LogP contribution in [0.3, 0.4) is 0 Å². The summed E-state index contributed by atoms with van der Waals surface area (Å²) in [5, 5.41) is 8.78. The highest BCUT2D eigenvalue weighted by molar-refractivity contribution is 5.06. The molecule has 1 aromatic rings. The fraction of sp³-hybridized carbons (Fsp3) is 0.875. The molecule has 0 N–H and O–H groups in total. The number of hydrogen-bond donors (Lipinski definition) is 0. The van der Waals surface area contributed by atoms with Crippen LogP contribution in [-0.4, -0.2) is 52.3 Å². The molecule has 1 aromatic heterocycles. The van der Waals surface area contributed by atoms with Crippen molar-refractivity contribution in [3.8, 4) is 0 Å². The van der Waals surface area contributed by atoms with Crippen molar-refractivity contribution < 1.29 is 9.47 Å². The van der Waals surface area contributed by atoms with E-state index in [1.54, 1.807) is 0 Å². The van der Waals surface area contributed by atoms with E-state index in [1.807, 2.05) is 0 Å². The van der Waals surface area contributed by atoms with Crippen LogP contribution in [0.15, 0.2) is 0 Å². The summed E-state index contributed by atoms with van der Waals surface area (Å²) in [4.78, 5) is 2.43. The molecular weight excluding hydrogens is 280 g/mol. The molecule has 2 aliphatic rings. The third-order valence-electron chi connectivity index (χ3n) is 4.68. The van der Waals surface area contributed by atoms with Gasteiger partial charge in [-0.1, -0.05) is 13.8 Å². The van der Waals surface area contributed by atoms with Crippen molar-refractivity contribution in [1.82, 2.24) is 19.7 Å². The van der Waals surface area contributed by atoms with Gasteiger partial charge in [-0.3, -0.25) is 4.90 Å². The predicted octanol–water partition coefficient (Wildman–Crippen LogP) is 2.32. The van der Waals surface area contributed by atoms with Gasteiger partial charge in [0.25, 0.3) is 0 Å². The predicted molar refractivity (Wildman–Crippen MR) is 83.6 cm³/mol. The smallest absolute Gasteiger partial charge is 0.157 e. The minimum atomic E-state index is 0.00467. The maximum atomic E-state index is 5.86. The lowest BCUT2D eigenvalue weighted by atomic mass is 10.1. The summed E-state index contributed by atoms with van der Waals surface area (Å²) in [6, 6.07) is 0.296. The summed E-state index contributed by atoms with van der Waals surface area (Å²) in [7, 11) is 0. The number of hydrogen-bond acceptors (Lipinski definition) is 5. The van der Waals surface area contributed by atoms with E-state index in [0.29, 0.717) is 12.0 Å². The van der Waals surface area contributed by atoms with Crippen LogP contribution in [0.1, 0.15) is 63.6 Å². The van der Waals surface area contributed by atoms with E-state index < -0.39 is 0 Å². The summed E-state index contributed by atoms with van der Waals surface area (Å²) in [6.45, 7) is 11.0. The highest BCUT2D eigenvalue weighted by Crippen LogP contribution is 2.26. The third kappa shape index (κ3) is 3.34. The first-order valence-corrected chi connectivity index (χ1v) is 8.57. The minimum Gasteiger partial charge on any atom is -0.353 e. The Bertz CT molecular complexity index is 482. The molecule has 0 aromatic carbocycles. The van der Waals surface area contributed by atoms with E-state index in [-0.39, 0.29) is 6.29 Å². The Balaban J connectivity index is 1.53. The average molecular weight is 308 g/mol. The van der Waals surface area contributed by atoms with Crippen LogP contribution in [0.5, 0.6) is 0 Å². The Hall–Kier alpha value is -0.980. The molecule has 3 rings (SSSR count). The fourth-order valence-corrected chi connectivity index (χ4v) is 3.33. The zero-order valence-electron chi connectivity index (χ0n) is 14.0. The second-order valence-electron chi connectivity index (χ2n) is 6.60. The molecule has 6 heteroatoms. The average Bonchev–Trinajstić information content (AvgIpc) is 2.95. The topological polar surface area (TPSA) is 52.4 Å². The van der Waals surface area contributed by atoms with Crippen molar-refractivity contribution in [3.63, 3.8) is 0 Å². The molecule has 2 aliphatic heterocycles. The third-order valence-corrected chi connectivity index (χ3v) is 4.68. The molecule has 2 atom stereocenters. The fourth-order valence-electron chi connectivity index (χ4n) is 3.33. The van der Waals surface area contributed by atoms with E-state index in [2.05, 4.69) is 40.4 Å². The largest absolute Gasteiger partial charge is 0.353 e. The van der Waals surface area contributed by atoms with E-state index in [9.17, 15) is 0 Å². The SMILES string of the molecule is CC(C)c1nnc2n1CCN(CCOC1CCCCO1)C2C. The highest BCUT2D eigenvalue weighted by Gasteiger charge is 2.28. The molecule has 0 radical (unpaired) electrons. The molecule has 1 fully saturated rings. The highest BCUT2D eigenvalue weighted by atomic mass is 16.7. The summed E-state index contributed by atoms with van der Waals surface area (Å²) in [5.74, 6) is 2.61. The molecule has 0 aliphatic carbocycles. The van der Waals surface area contributed by atoms with Crippen LogP contribution in [-0.2, 0) is 16.0 Å². The lowest BCUT2D eigenvalue weighted by Gasteiger charge is -2.34. The van der Waals surface area contributed by atoms with E-state index in [0.717, 1.165) is 57.3 Å². The van der Waals surface area contributed by atoms with Crippen molar-refractivity contribution >= 4 is 0 Å². The van der Waals surface area contributed by atoms with E-state index in [4.69, 9.17) is 9.47 Å². The van der Waals surface area contributed by atoms with Gasteiger partial charge in [-0.15, -0.1) is 10.2 Å². The second-order valence-corrected chi connectivity index (χ2v) is 6.60. The first-order valence-electron chi connectivity index (χ1n) is 8.57. The monoisotopic (exact) mass is 308 g/mol.